The standard InChI is InChI=1S/C20H31NO.ClH/c1-4-9-18-14-17(16-21-11-7-8-12-21)15-19(10-5-2)20(18)22-13-6-3;/h6,14-15H,3-5,7-13,16H2,1-2H3;1H. The zero-order chi connectivity index (χ0) is 15.8. The van der Waals surface area contributed by atoms with Crippen LogP contribution in [0.25, 0.3) is 0 Å². The van der Waals surface area contributed by atoms with Crippen LogP contribution >= 0.6 is 12.4 Å². The number of ether oxygens (including phenoxy) is 1. The van der Waals surface area contributed by atoms with Gasteiger partial charge in [-0.1, -0.05) is 51.5 Å². The van der Waals surface area contributed by atoms with Crippen molar-refractivity contribution in [3.63, 3.8) is 0 Å². The maximum atomic E-state index is 6.02. The second kappa shape index (κ2) is 10.7. The molecule has 0 spiro atoms. The van der Waals surface area contributed by atoms with Crippen molar-refractivity contribution in [3.8, 4) is 5.75 Å². The van der Waals surface area contributed by atoms with Crippen molar-refractivity contribution in [1.29, 1.82) is 0 Å². The van der Waals surface area contributed by atoms with Crippen LogP contribution in [0.5, 0.6) is 5.75 Å². The molecular weight excluding hydrogens is 306 g/mol. The van der Waals surface area contributed by atoms with Gasteiger partial charge in [0.05, 0.1) is 0 Å². The summed E-state index contributed by atoms with van der Waals surface area (Å²) in [5, 5.41) is 0. The lowest BCUT2D eigenvalue weighted by atomic mass is 9.97. The van der Waals surface area contributed by atoms with E-state index in [9.17, 15) is 0 Å². The Balaban J connectivity index is 0.00000264. The van der Waals surface area contributed by atoms with Crippen LogP contribution in [0.3, 0.4) is 0 Å². The van der Waals surface area contributed by atoms with E-state index in [2.05, 4.69) is 37.5 Å². The molecule has 0 unspecified atom stereocenters. The van der Waals surface area contributed by atoms with Crippen molar-refractivity contribution >= 4 is 12.4 Å². The third-order valence-electron chi connectivity index (χ3n) is 4.29. The summed E-state index contributed by atoms with van der Waals surface area (Å²) in [7, 11) is 0. The average molecular weight is 338 g/mol. The Morgan fingerprint density at radius 3 is 2.13 bits per heavy atom. The largest absolute Gasteiger partial charge is 0.489 e. The lowest BCUT2D eigenvalue weighted by molar-refractivity contribution is 0.329. The molecule has 0 saturated carbocycles. The highest BCUT2D eigenvalue weighted by atomic mass is 35.5. The number of nitrogens with zero attached hydrogens (tertiary/aromatic N) is 1. The Labute approximate surface area is 148 Å². The van der Waals surface area contributed by atoms with Crippen LogP contribution in [0.1, 0.15) is 56.2 Å². The van der Waals surface area contributed by atoms with E-state index in [1.54, 1.807) is 0 Å². The molecule has 0 atom stereocenters. The summed E-state index contributed by atoms with van der Waals surface area (Å²) < 4.78 is 6.02. The molecule has 2 rings (SSSR count). The van der Waals surface area contributed by atoms with Gasteiger partial charge in [0.1, 0.15) is 12.4 Å². The van der Waals surface area contributed by atoms with Crippen LogP contribution in [0.4, 0.5) is 0 Å². The number of halogens is 1. The molecular formula is C20H32ClNO. The van der Waals surface area contributed by atoms with Gasteiger partial charge < -0.3 is 4.74 Å². The lowest BCUT2D eigenvalue weighted by Gasteiger charge is -2.20. The molecule has 0 radical (unpaired) electrons. The summed E-state index contributed by atoms with van der Waals surface area (Å²) in [4.78, 5) is 2.57. The molecule has 1 heterocycles. The van der Waals surface area contributed by atoms with E-state index in [0.29, 0.717) is 6.61 Å². The summed E-state index contributed by atoms with van der Waals surface area (Å²) in [6, 6.07) is 4.75. The molecule has 0 aliphatic carbocycles. The van der Waals surface area contributed by atoms with Gasteiger partial charge in [0, 0.05) is 6.54 Å². The van der Waals surface area contributed by atoms with Gasteiger partial charge >= 0.3 is 0 Å². The van der Waals surface area contributed by atoms with E-state index in [0.717, 1.165) is 38.0 Å². The summed E-state index contributed by atoms with van der Waals surface area (Å²) in [6.45, 7) is 12.5. The van der Waals surface area contributed by atoms with Crippen LogP contribution < -0.4 is 4.74 Å². The molecule has 0 bridgehead atoms. The summed E-state index contributed by atoms with van der Waals surface area (Å²) in [5.74, 6) is 1.12. The normalized spacial score (nSPS) is 14.5. The number of likely N-dealkylation sites (tertiary alicyclic amines) is 1. The predicted octanol–water partition coefficient (Wildman–Crippen LogP) is 5.17. The minimum absolute atomic E-state index is 0. The number of hydrogen-bond acceptors (Lipinski definition) is 2. The zero-order valence-corrected chi connectivity index (χ0v) is 15.6. The summed E-state index contributed by atoms with van der Waals surface area (Å²) >= 11 is 0. The Hall–Kier alpha value is -0.990. The molecule has 1 saturated heterocycles. The minimum Gasteiger partial charge on any atom is -0.489 e. The van der Waals surface area contributed by atoms with Crippen molar-refractivity contribution < 1.29 is 4.74 Å². The molecule has 1 aliphatic rings. The highest BCUT2D eigenvalue weighted by molar-refractivity contribution is 5.85. The molecule has 1 aliphatic heterocycles. The Morgan fingerprint density at radius 2 is 1.65 bits per heavy atom. The topological polar surface area (TPSA) is 12.5 Å². The first-order valence-electron chi connectivity index (χ1n) is 8.89. The Bertz CT molecular complexity index is 454. The second-order valence-corrected chi connectivity index (χ2v) is 6.33. The van der Waals surface area contributed by atoms with Gasteiger partial charge in [0.25, 0.3) is 0 Å². The maximum absolute atomic E-state index is 6.02. The van der Waals surface area contributed by atoms with Crippen LogP contribution in [-0.2, 0) is 19.4 Å². The SMILES string of the molecule is C=CCOc1c(CCC)cc(CN2CCCC2)cc1CCC.Cl. The molecule has 1 fully saturated rings. The van der Waals surface area contributed by atoms with Crippen molar-refractivity contribution in [1.82, 2.24) is 4.90 Å². The smallest absolute Gasteiger partial charge is 0.126 e. The summed E-state index contributed by atoms with van der Waals surface area (Å²) in [5.41, 5.74) is 4.22. The lowest BCUT2D eigenvalue weighted by Crippen LogP contribution is -2.18. The van der Waals surface area contributed by atoms with Crippen LogP contribution in [0, 0.1) is 0 Å². The van der Waals surface area contributed by atoms with Gasteiger partial charge in [0.15, 0.2) is 0 Å². The van der Waals surface area contributed by atoms with Gasteiger partial charge in [0.2, 0.25) is 0 Å². The molecule has 3 heteroatoms. The third-order valence-corrected chi connectivity index (χ3v) is 4.29. The van der Waals surface area contributed by atoms with Crippen molar-refractivity contribution in [2.75, 3.05) is 19.7 Å². The van der Waals surface area contributed by atoms with E-state index in [-0.39, 0.29) is 12.4 Å². The van der Waals surface area contributed by atoms with E-state index < -0.39 is 0 Å². The average Bonchev–Trinajstić information content (AvgIpc) is 3.00. The summed E-state index contributed by atoms with van der Waals surface area (Å²) in [6.07, 6.45) is 9.04. The molecule has 23 heavy (non-hydrogen) atoms. The number of rotatable bonds is 9. The number of benzene rings is 1. The van der Waals surface area contributed by atoms with Gasteiger partial charge in [-0.2, -0.15) is 0 Å². The van der Waals surface area contributed by atoms with Gasteiger partial charge in [-0.3, -0.25) is 4.90 Å². The van der Waals surface area contributed by atoms with Crippen molar-refractivity contribution in [3.05, 3.63) is 41.5 Å². The Morgan fingerprint density at radius 1 is 1.09 bits per heavy atom. The minimum atomic E-state index is 0. The molecule has 2 nitrogen and oxygen atoms in total. The van der Waals surface area contributed by atoms with Gasteiger partial charge in [-0.05, 0) is 55.5 Å². The molecule has 0 amide bonds. The van der Waals surface area contributed by atoms with Crippen LogP contribution in [-0.4, -0.2) is 24.6 Å². The highest BCUT2D eigenvalue weighted by Crippen LogP contribution is 2.30. The van der Waals surface area contributed by atoms with Gasteiger partial charge in [-0.15, -0.1) is 12.4 Å². The second-order valence-electron chi connectivity index (χ2n) is 6.33. The molecule has 0 N–H and O–H groups in total. The first-order chi connectivity index (χ1) is 10.8. The highest BCUT2D eigenvalue weighted by Gasteiger charge is 2.15. The zero-order valence-electron chi connectivity index (χ0n) is 14.8. The monoisotopic (exact) mass is 337 g/mol. The third kappa shape index (κ3) is 5.86. The molecule has 1 aromatic carbocycles. The van der Waals surface area contributed by atoms with Crippen molar-refractivity contribution in [2.45, 2.75) is 58.9 Å². The number of aryl methyl sites for hydroxylation is 2. The molecule has 130 valence electrons. The van der Waals surface area contributed by atoms with E-state index in [1.807, 2.05) is 6.08 Å². The maximum Gasteiger partial charge on any atom is 0.126 e. The van der Waals surface area contributed by atoms with Gasteiger partial charge in [-0.25, -0.2) is 0 Å². The van der Waals surface area contributed by atoms with E-state index in [4.69, 9.17) is 4.74 Å². The number of hydrogen-bond donors (Lipinski definition) is 0. The fraction of sp³-hybridized carbons (Fsp3) is 0.600. The fourth-order valence-electron chi connectivity index (χ4n) is 3.35. The van der Waals surface area contributed by atoms with Crippen LogP contribution in [0.15, 0.2) is 24.8 Å². The van der Waals surface area contributed by atoms with Crippen LogP contribution in [0.2, 0.25) is 0 Å². The molecule has 0 aromatic heterocycles. The first-order valence-corrected chi connectivity index (χ1v) is 8.89. The fourth-order valence-corrected chi connectivity index (χ4v) is 3.35. The van der Waals surface area contributed by atoms with E-state index in [1.165, 1.54) is 42.6 Å². The quantitative estimate of drug-likeness (QED) is 0.576. The van der Waals surface area contributed by atoms with Crippen molar-refractivity contribution in [2.24, 2.45) is 0 Å². The molecule has 1 aromatic rings. The first kappa shape index (κ1) is 20.1. The van der Waals surface area contributed by atoms with E-state index >= 15 is 0 Å². The predicted molar refractivity (Wildman–Crippen MR) is 102 cm³/mol. The Kier molecular flexibility index (Phi) is 9.35.